The van der Waals surface area contributed by atoms with Gasteiger partial charge in [0.05, 0.1) is 12.6 Å². The average molecular weight is 256 g/mol. The van der Waals surface area contributed by atoms with E-state index in [0.717, 1.165) is 0 Å². The van der Waals surface area contributed by atoms with Crippen LogP contribution >= 0.6 is 0 Å². The van der Waals surface area contributed by atoms with Crippen molar-refractivity contribution in [3.05, 3.63) is 0 Å². The second-order valence-electron chi connectivity index (χ2n) is 4.69. The predicted octanol–water partition coefficient (Wildman–Crippen LogP) is 0.675. The van der Waals surface area contributed by atoms with Crippen LogP contribution in [-0.4, -0.2) is 36.6 Å². The van der Waals surface area contributed by atoms with Crippen molar-refractivity contribution in [2.45, 2.75) is 46.6 Å². The molecular weight excluding hydrogens is 232 g/mol. The van der Waals surface area contributed by atoms with Gasteiger partial charge in [0, 0.05) is 12.3 Å². The van der Waals surface area contributed by atoms with E-state index in [4.69, 9.17) is 0 Å². The first-order valence-corrected chi connectivity index (χ1v) is 6.41. The van der Waals surface area contributed by atoms with Gasteiger partial charge < -0.3 is 10.6 Å². The highest BCUT2D eigenvalue weighted by atomic mass is 16.2. The van der Waals surface area contributed by atoms with E-state index in [1.165, 1.54) is 6.92 Å². The van der Waals surface area contributed by atoms with Gasteiger partial charge in [0.25, 0.3) is 0 Å². The Hall–Kier alpha value is -1.23. The molecule has 0 aromatic heterocycles. The molecule has 0 aromatic rings. The normalized spacial score (nSPS) is 12.3. The van der Waals surface area contributed by atoms with Crippen molar-refractivity contribution < 1.29 is 14.4 Å². The first-order valence-electron chi connectivity index (χ1n) is 6.41. The van der Waals surface area contributed by atoms with Crippen LogP contribution in [0.1, 0.15) is 40.5 Å². The zero-order valence-electron chi connectivity index (χ0n) is 11.7. The Morgan fingerprint density at radius 3 is 2.22 bits per heavy atom. The first-order chi connectivity index (χ1) is 8.38. The standard InChI is InChI=1S/C13H24N2O3/c1-5-14-11(6-7-12(17)9(2)3)13(18)15-8-10(4)16/h9,11,14H,5-8H2,1-4H3,(H,15,18). The topological polar surface area (TPSA) is 75.3 Å². The summed E-state index contributed by atoms with van der Waals surface area (Å²) in [6, 6.07) is -0.406. The number of nitrogens with one attached hydrogen (secondary N) is 2. The summed E-state index contributed by atoms with van der Waals surface area (Å²) in [5.74, 6) is -0.162. The Bertz CT molecular complexity index is 301. The molecule has 0 bridgehead atoms. The highest BCUT2D eigenvalue weighted by Crippen LogP contribution is 2.05. The zero-order chi connectivity index (χ0) is 14.1. The van der Waals surface area contributed by atoms with Gasteiger partial charge in [-0.25, -0.2) is 0 Å². The molecule has 104 valence electrons. The number of amides is 1. The third kappa shape index (κ3) is 7.17. The second-order valence-corrected chi connectivity index (χ2v) is 4.69. The lowest BCUT2D eigenvalue weighted by atomic mass is 10.0. The molecular formula is C13H24N2O3. The van der Waals surface area contributed by atoms with Crippen LogP contribution in [0.15, 0.2) is 0 Å². The smallest absolute Gasteiger partial charge is 0.237 e. The molecule has 18 heavy (non-hydrogen) atoms. The van der Waals surface area contributed by atoms with Crippen LogP contribution in [-0.2, 0) is 14.4 Å². The Morgan fingerprint density at radius 2 is 1.78 bits per heavy atom. The second kappa shape index (κ2) is 8.80. The van der Waals surface area contributed by atoms with Crippen LogP contribution < -0.4 is 10.6 Å². The summed E-state index contributed by atoms with van der Waals surface area (Å²) in [7, 11) is 0. The quantitative estimate of drug-likeness (QED) is 0.636. The van der Waals surface area contributed by atoms with E-state index in [-0.39, 0.29) is 29.9 Å². The van der Waals surface area contributed by atoms with Gasteiger partial charge >= 0.3 is 0 Å². The van der Waals surface area contributed by atoms with Gasteiger partial charge in [-0.3, -0.25) is 14.4 Å². The molecule has 0 aliphatic carbocycles. The lowest BCUT2D eigenvalue weighted by Crippen LogP contribution is -2.45. The molecule has 0 saturated heterocycles. The van der Waals surface area contributed by atoms with Crippen molar-refractivity contribution in [1.29, 1.82) is 0 Å². The number of hydrogen-bond acceptors (Lipinski definition) is 4. The van der Waals surface area contributed by atoms with Crippen molar-refractivity contribution in [1.82, 2.24) is 10.6 Å². The molecule has 0 rings (SSSR count). The van der Waals surface area contributed by atoms with Crippen LogP contribution in [0.2, 0.25) is 0 Å². The maximum absolute atomic E-state index is 11.8. The maximum atomic E-state index is 11.8. The van der Waals surface area contributed by atoms with Crippen molar-refractivity contribution in [3.63, 3.8) is 0 Å². The van der Waals surface area contributed by atoms with Gasteiger partial charge in [-0.1, -0.05) is 20.8 Å². The summed E-state index contributed by atoms with van der Waals surface area (Å²) in [6.07, 6.45) is 0.845. The Morgan fingerprint density at radius 1 is 1.17 bits per heavy atom. The molecule has 0 heterocycles. The number of rotatable bonds is 9. The summed E-state index contributed by atoms with van der Waals surface area (Å²) in [5, 5.41) is 5.58. The van der Waals surface area contributed by atoms with Crippen molar-refractivity contribution in [2.24, 2.45) is 5.92 Å². The molecule has 1 amide bonds. The highest BCUT2D eigenvalue weighted by Gasteiger charge is 2.19. The van der Waals surface area contributed by atoms with E-state index in [1.807, 2.05) is 20.8 Å². The lowest BCUT2D eigenvalue weighted by molar-refractivity contribution is -0.126. The van der Waals surface area contributed by atoms with Crippen LogP contribution in [0.25, 0.3) is 0 Å². The molecule has 1 unspecified atom stereocenters. The molecule has 0 aliphatic rings. The molecule has 0 aromatic carbocycles. The van der Waals surface area contributed by atoms with Crippen molar-refractivity contribution in [3.8, 4) is 0 Å². The number of carbonyl (C=O) groups excluding carboxylic acids is 3. The van der Waals surface area contributed by atoms with Crippen LogP contribution in [0.5, 0.6) is 0 Å². The predicted molar refractivity (Wildman–Crippen MR) is 70.2 cm³/mol. The minimum absolute atomic E-state index is 0.00689. The molecule has 2 N–H and O–H groups in total. The van der Waals surface area contributed by atoms with Gasteiger partial charge in [0.2, 0.25) is 5.91 Å². The molecule has 0 saturated carbocycles. The Labute approximate surface area is 109 Å². The summed E-state index contributed by atoms with van der Waals surface area (Å²) in [6.45, 7) is 7.70. The average Bonchev–Trinajstić information content (AvgIpc) is 2.30. The molecule has 1 atom stereocenters. The van der Waals surface area contributed by atoms with Crippen LogP contribution in [0, 0.1) is 5.92 Å². The molecule has 5 nitrogen and oxygen atoms in total. The summed E-state index contributed by atoms with van der Waals surface area (Å²) in [4.78, 5) is 34.1. The van der Waals surface area contributed by atoms with Gasteiger partial charge in [-0.15, -0.1) is 0 Å². The van der Waals surface area contributed by atoms with Crippen molar-refractivity contribution in [2.75, 3.05) is 13.1 Å². The van der Waals surface area contributed by atoms with E-state index >= 15 is 0 Å². The monoisotopic (exact) mass is 256 g/mol. The van der Waals surface area contributed by atoms with Crippen LogP contribution in [0.4, 0.5) is 0 Å². The molecule has 0 aliphatic heterocycles. The van der Waals surface area contributed by atoms with E-state index in [2.05, 4.69) is 10.6 Å². The van der Waals surface area contributed by atoms with Gasteiger partial charge in [-0.05, 0) is 19.9 Å². The highest BCUT2D eigenvalue weighted by molar-refractivity contribution is 5.88. The summed E-state index contributed by atoms with van der Waals surface area (Å²) in [5.41, 5.74) is 0. The van der Waals surface area contributed by atoms with Gasteiger partial charge in [-0.2, -0.15) is 0 Å². The Kier molecular flexibility index (Phi) is 8.20. The fourth-order valence-corrected chi connectivity index (χ4v) is 1.48. The first kappa shape index (κ1) is 16.8. The fourth-order valence-electron chi connectivity index (χ4n) is 1.48. The molecule has 0 radical (unpaired) electrons. The van der Waals surface area contributed by atoms with E-state index in [9.17, 15) is 14.4 Å². The molecule has 0 fully saturated rings. The summed E-state index contributed by atoms with van der Waals surface area (Å²) < 4.78 is 0. The number of likely N-dealkylation sites (N-methyl/N-ethyl adjacent to an activating group) is 1. The Balaban J connectivity index is 4.24. The van der Waals surface area contributed by atoms with Gasteiger partial charge in [0.1, 0.15) is 11.6 Å². The summed E-state index contributed by atoms with van der Waals surface area (Å²) >= 11 is 0. The van der Waals surface area contributed by atoms with E-state index < -0.39 is 6.04 Å². The van der Waals surface area contributed by atoms with Crippen LogP contribution in [0.3, 0.4) is 0 Å². The van der Waals surface area contributed by atoms with E-state index in [1.54, 1.807) is 0 Å². The number of ketones is 2. The minimum Gasteiger partial charge on any atom is -0.348 e. The SMILES string of the molecule is CCNC(CCC(=O)C(C)C)C(=O)NCC(C)=O. The number of Topliss-reactive ketones (excluding diaryl/α,β-unsaturated/α-hetero) is 2. The minimum atomic E-state index is -0.406. The number of carbonyl (C=O) groups is 3. The van der Waals surface area contributed by atoms with Crippen molar-refractivity contribution >= 4 is 17.5 Å². The fraction of sp³-hybridized carbons (Fsp3) is 0.769. The third-order valence-electron chi connectivity index (χ3n) is 2.60. The van der Waals surface area contributed by atoms with E-state index in [0.29, 0.717) is 19.4 Å². The largest absolute Gasteiger partial charge is 0.348 e. The molecule has 0 spiro atoms. The zero-order valence-corrected chi connectivity index (χ0v) is 11.7. The number of hydrogen-bond donors (Lipinski definition) is 2. The van der Waals surface area contributed by atoms with Gasteiger partial charge in [0.15, 0.2) is 0 Å². The third-order valence-corrected chi connectivity index (χ3v) is 2.60. The lowest BCUT2D eigenvalue weighted by Gasteiger charge is -2.17. The maximum Gasteiger partial charge on any atom is 0.237 e. The molecule has 5 heteroatoms.